The minimum absolute atomic E-state index is 0.0747. The molecule has 0 saturated carbocycles. The van der Waals surface area contributed by atoms with E-state index in [1.54, 1.807) is 6.20 Å². The highest BCUT2D eigenvalue weighted by Gasteiger charge is 2.13. The Kier molecular flexibility index (Phi) is 2.77. The van der Waals surface area contributed by atoms with Crippen molar-refractivity contribution in [1.82, 2.24) is 9.97 Å². The van der Waals surface area contributed by atoms with E-state index in [0.717, 1.165) is 11.1 Å². The van der Waals surface area contributed by atoms with Gasteiger partial charge in [-0.25, -0.2) is 4.98 Å². The number of benzene rings is 1. The monoisotopic (exact) mass is 212 g/mol. The fourth-order valence-electron chi connectivity index (χ4n) is 1.55. The molecule has 0 radical (unpaired) electrons. The summed E-state index contributed by atoms with van der Waals surface area (Å²) in [6.45, 7) is 3.93. The summed E-state index contributed by atoms with van der Waals surface area (Å²) in [6, 6.07) is 5.69. The molecule has 0 amide bonds. The highest BCUT2D eigenvalue weighted by Crippen LogP contribution is 2.15. The molecule has 80 valence electrons. The van der Waals surface area contributed by atoms with Crippen molar-refractivity contribution in [1.29, 1.82) is 0 Å². The van der Waals surface area contributed by atoms with Gasteiger partial charge in [-0.2, -0.15) is 0 Å². The van der Waals surface area contributed by atoms with Crippen LogP contribution in [0.5, 0.6) is 0 Å². The zero-order valence-corrected chi connectivity index (χ0v) is 9.27. The first kappa shape index (κ1) is 10.5. The van der Waals surface area contributed by atoms with Gasteiger partial charge < -0.3 is 0 Å². The first-order valence-electron chi connectivity index (χ1n) is 5.07. The smallest absolute Gasteiger partial charge is 0.213 e. The normalized spacial score (nSPS) is 10.1. The van der Waals surface area contributed by atoms with Crippen LogP contribution in [0.1, 0.15) is 27.2 Å². The van der Waals surface area contributed by atoms with Crippen LogP contribution in [0, 0.1) is 13.8 Å². The molecule has 16 heavy (non-hydrogen) atoms. The lowest BCUT2D eigenvalue weighted by molar-refractivity contribution is 0.103. The van der Waals surface area contributed by atoms with E-state index in [-0.39, 0.29) is 5.78 Å². The van der Waals surface area contributed by atoms with Crippen molar-refractivity contribution in [2.45, 2.75) is 13.8 Å². The molecule has 0 aliphatic carbocycles. The highest BCUT2D eigenvalue weighted by atomic mass is 16.1. The van der Waals surface area contributed by atoms with E-state index in [4.69, 9.17) is 0 Å². The second-order valence-corrected chi connectivity index (χ2v) is 3.67. The van der Waals surface area contributed by atoms with E-state index in [9.17, 15) is 4.79 Å². The Labute approximate surface area is 94.2 Å². The minimum Gasteiger partial charge on any atom is -0.287 e. The predicted molar refractivity (Wildman–Crippen MR) is 61.4 cm³/mol. The quantitative estimate of drug-likeness (QED) is 0.717. The summed E-state index contributed by atoms with van der Waals surface area (Å²) in [5, 5.41) is 0. The van der Waals surface area contributed by atoms with Crippen molar-refractivity contribution in [2.75, 3.05) is 0 Å². The Morgan fingerprint density at radius 2 is 2.00 bits per heavy atom. The Bertz CT molecular complexity index is 521. The Balaban J connectivity index is 2.46. The van der Waals surface area contributed by atoms with Gasteiger partial charge in [0.15, 0.2) is 0 Å². The number of rotatable bonds is 2. The maximum Gasteiger partial charge on any atom is 0.213 e. The first-order chi connectivity index (χ1) is 7.70. The van der Waals surface area contributed by atoms with Gasteiger partial charge in [0.2, 0.25) is 5.78 Å². The molecule has 0 bridgehead atoms. The molecule has 0 fully saturated rings. The van der Waals surface area contributed by atoms with Gasteiger partial charge in [0.25, 0.3) is 0 Å². The Morgan fingerprint density at radius 3 is 2.69 bits per heavy atom. The number of aryl methyl sites for hydroxylation is 1. The molecule has 1 heterocycles. The van der Waals surface area contributed by atoms with Gasteiger partial charge in [0.1, 0.15) is 5.69 Å². The molecular formula is C13H12N2O. The molecule has 2 aromatic rings. The molecule has 0 saturated heterocycles. The fourth-order valence-corrected chi connectivity index (χ4v) is 1.55. The third-order valence-corrected chi connectivity index (χ3v) is 2.65. The molecule has 2 rings (SSSR count). The van der Waals surface area contributed by atoms with E-state index in [1.165, 1.54) is 12.4 Å². The molecular weight excluding hydrogens is 200 g/mol. The topological polar surface area (TPSA) is 42.9 Å². The predicted octanol–water partition coefficient (Wildman–Crippen LogP) is 2.32. The van der Waals surface area contributed by atoms with Gasteiger partial charge in [0, 0.05) is 18.0 Å². The molecule has 0 spiro atoms. The van der Waals surface area contributed by atoms with Crippen molar-refractivity contribution >= 4 is 5.78 Å². The average Bonchev–Trinajstić information content (AvgIpc) is 2.33. The van der Waals surface area contributed by atoms with Crippen LogP contribution in [0.3, 0.4) is 0 Å². The van der Waals surface area contributed by atoms with Crippen molar-refractivity contribution in [3.8, 4) is 0 Å². The van der Waals surface area contributed by atoms with Crippen LogP contribution in [0.15, 0.2) is 36.8 Å². The second kappa shape index (κ2) is 4.23. The standard InChI is InChI=1S/C13H12N2O/c1-9-4-3-5-11(10(9)2)13(16)12-8-14-6-7-15-12/h3-8H,1-2H3. The summed E-state index contributed by atoms with van der Waals surface area (Å²) in [5.41, 5.74) is 3.18. The SMILES string of the molecule is Cc1cccc(C(=O)c2cnccn2)c1C. The van der Waals surface area contributed by atoms with Crippen molar-refractivity contribution in [2.24, 2.45) is 0 Å². The summed E-state index contributed by atoms with van der Waals surface area (Å²) >= 11 is 0. The lowest BCUT2D eigenvalue weighted by Gasteiger charge is -2.06. The zero-order valence-electron chi connectivity index (χ0n) is 9.27. The van der Waals surface area contributed by atoms with Gasteiger partial charge in [-0.1, -0.05) is 18.2 Å². The zero-order chi connectivity index (χ0) is 11.5. The van der Waals surface area contributed by atoms with Crippen LogP contribution in [0.25, 0.3) is 0 Å². The Morgan fingerprint density at radius 1 is 1.19 bits per heavy atom. The van der Waals surface area contributed by atoms with Gasteiger partial charge in [-0.3, -0.25) is 9.78 Å². The number of carbonyl (C=O) groups is 1. The number of ketones is 1. The molecule has 0 N–H and O–H groups in total. The Hall–Kier alpha value is -2.03. The molecule has 1 aromatic heterocycles. The van der Waals surface area contributed by atoms with E-state index in [2.05, 4.69) is 9.97 Å². The van der Waals surface area contributed by atoms with Gasteiger partial charge in [-0.05, 0) is 25.0 Å². The largest absolute Gasteiger partial charge is 0.287 e. The van der Waals surface area contributed by atoms with Crippen molar-refractivity contribution < 1.29 is 4.79 Å². The first-order valence-corrected chi connectivity index (χ1v) is 5.07. The molecule has 3 nitrogen and oxygen atoms in total. The molecule has 0 unspecified atom stereocenters. The van der Waals surface area contributed by atoms with Gasteiger partial charge in [0.05, 0.1) is 6.20 Å². The number of nitrogens with zero attached hydrogens (tertiary/aromatic N) is 2. The summed E-state index contributed by atoms with van der Waals surface area (Å²) in [4.78, 5) is 20.0. The molecule has 0 aliphatic heterocycles. The van der Waals surface area contributed by atoms with Crippen LogP contribution in [0.2, 0.25) is 0 Å². The fraction of sp³-hybridized carbons (Fsp3) is 0.154. The van der Waals surface area contributed by atoms with E-state index in [1.807, 2.05) is 32.0 Å². The summed E-state index contributed by atoms with van der Waals surface area (Å²) in [7, 11) is 0. The maximum atomic E-state index is 12.1. The minimum atomic E-state index is -0.0747. The number of carbonyl (C=O) groups excluding carboxylic acids is 1. The second-order valence-electron chi connectivity index (χ2n) is 3.67. The van der Waals surface area contributed by atoms with Crippen molar-refractivity contribution in [3.05, 3.63) is 59.2 Å². The average molecular weight is 212 g/mol. The third kappa shape index (κ3) is 1.84. The highest BCUT2D eigenvalue weighted by molar-refractivity contribution is 6.08. The summed E-state index contributed by atoms with van der Waals surface area (Å²) in [6.07, 6.45) is 4.57. The van der Waals surface area contributed by atoms with E-state index < -0.39 is 0 Å². The van der Waals surface area contributed by atoms with Crippen LogP contribution >= 0.6 is 0 Å². The summed E-state index contributed by atoms with van der Waals surface area (Å²) < 4.78 is 0. The van der Waals surface area contributed by atoms with Crippen molar-refractivity contribution in [3.63, 3.8) is 0 Å². The summed E-state index contributed by atoms with van der Waals surface area (Å²) in [5.74, 6) is -0.0747. The molecule has 1 aromatic carbocycles. The van der Waals surface area contributed by atoms with Crippen LogP contribution < -0.4 is 0 Å². The van der Waals surface area contributed by atoms with E-state index >= 15 is 0 Å². The molecule has 0 aliphatic rings. The number of hydrogen-bond acceptors (Lipinski definition) is 3. The van der Waals surface area contributed by atoms with Crippen LogP contribution in [-0.2, 0) is 0 Å². The molecule has 0 atom stereocenters. The van der Waals surface area contributed by atoms with Gasteiger partial charge >= 0.3 is 0 Å². The van der Waals surface area contributed by atoms with Gasteiger partial charge in [-0.15, -0.1) is 0 Å². The number of hydrogen-bond donors (Lipinski definition) is 0. The van der Waals surface area contributed by atoms with Crippen LogP contribution in [-0.4, -0.2) is 15.8 Å². The third-order valence-electron chi connectivity index (χ3n) is 2.65. The lowest BCUT2D eigenvalue weighted by atomic mass is 9.99. The molecule has 3 heteroatoms. The maximum absolute atomic E-state index is 12.1. The number of aromatic nitrogens is 2. The van der Waals surface area contributed by atoms with Crippen LogP contribution in [0.4, 0.5) is 0 Å². The van der Waals surface area contributed by atoms with E-state index in [0.29, 0.717) is 11.3 Å². The lowest BCUT2D eigenvalue weighted by Crippen LogP contribution is -2.06.